The van der Waals surface area contributed by atoms with Crippen LogP contribution in [0, 0.1) is 5.41 Å². The minimum Gasteiger partial charge on any atom is -0.387 e. The Bertz CT molecular complexity index is 402. The number of methoxy groups -OCH3 is 1. The SMILES string of the molecule is CNc1ccc(C(=O)NCC(C)(C)CCOC)nc1. The number of hydrogen-bond donors (Lipinski definition) is 2. The Balaban J connectivity index is 2.50. The number of anilines is 1. The molecule has 106 valence electrons. The highest BCUT2D eigenvalue weighted by molar-refractivity contribution is 5.92. The van der Waals surface area contributed by atoms with Gasteiger partial charge in [-0.15, -0.1) is 0 Å². The van der Waals surface area contributed by atoms with Crippen molar-refractivity contribution in [3.05, 3.63) is 24.0 Å². The van der Waals surface area contributed by atoms with Gasteiger partial charge in [0.25, 0.3) is 5.91 Å². The molecule has 19 heavy (non-hydrogen) atoms. The number of amides is 1. The van der Waals surface area contributed by atoms with Gasteiger partial charge in [0.05, 0.1) is 11.9 Å². The Morgan fingerprint density at radius 2 is 2.16 bits per heavy atom. The second-order valence-corrected chi connectivity index (χ2v) is 5.27. The van der Waals surface area contributed by atoms with E-state index in [1.165, 1.54) is 0 Å². The molecule has 0 radical (unpaired) electrons. The Morgan fingerprint density at radius 3 is 2.68 bits per heavy atom. The summed E-state index contributed by atoms with van der Waals surface area (Å²) in [6.07, 6.45) is 2.54. The highest BCUT2D eigenvalue weighted by Crippen LogP contribution is 2.18. The molecular weight excluding hydrogens is 242 g/mol. The first kappa shape index (κ1) is 15.4. The fourth-order valence-electron chi connectivity index (χ4n) is 1.55. The number of ether oxygens (including phenoxy) is 1. The van der Waals surface area contributed by atoms with Gasteiger partial charge in [0.15, 0.2) is 0 Å². The van der Waals surface area contributed by atoms with Crippen LogP contribution in [0.1, 0.15) is 30.8 Å². The molecule has 1 aromatic heterocycles. The zero-order valence-electron chi connectivity index (χ0n) is 12.1. The van der Waals surface area contributed by atoms with Crippen LogP contribution >= 0.6 is 0 Å². The molecule has 0 aliphatic rings. The van der Waals surface area contributed by atoms with Crippen molar-refractivity contribution in [3.63, 3.8) is 0 Å². The maximum atomic E-state index is 11.9. The Kier molecular flexibility index (Phi) is 5.76. The number of nitrogens with zero attached hydrogens (tertiary/aromatic N) is 1. The lowest BCUT2D eigenvalue weighted by Crippen LogP contribution is -2.35. The number of aromatic nitrogens is 1. The van der Waals surface area contributed by atoms with Crippen LogP contribution in [0.25, 0.3) is 0 Å². The van der Waals surface area contributed by atoms with Crippen molar-refractivity contribution in [2.75, 3.05) is 32.6 Å². The minimum atomic E-state index is -0.145. The van der Waals surface area contributed by atoms with Crippen LogP contribution < -0.4 is 10.6 Å². The van der Waals surface area contributed by atoms with E-state index >= 15 is 0 Å². The molecule has 0 atom stereocenters. The van der Waals surface area contributed by atoms with E-state index in [9.17, 15) is 4.79 Å². The second kappa shape index (κ2) is 7.09. The van der Waals surface area contributed by atoms with Crippen LogP contribution in [-0.4, -0.2) is 38.2 Å². The molecule has 0 saturated heterocycles. The van der Waals surface area contributed by atoms with Crippen LogP contribution in [-0.2, 0) is 4.74 Å². The topological polar surface area (TPSA) is 63.2 Å². The molecule has 0 spiro atoms. The van der Waals surface area contributed by atoms with Crippen molar-refractivity contribution >= 4 is 11.6 Å². The van der Waals surface area contributed by atoms with Gasteiger partial charge in [0, 0.05) is 27.3 Å². The molecule has 5 nitrogen and oxygen atoms in total. The lowest BCUT2D eigenvalue weighted by Gasteiger charge is -2.24. The van der Waals surface area contributed by atoms with E-state index < -0.39 is 0 Å². The number of carbonyl (C=O) groups is 1. The van der Waals surface area contributed by atoms with Gasteiger partial charge >= 0.3 is 0 Å². The third kappa shape index (κ3) is 5.26. The monoisotopic (exact) mass is 265 g/mol. The molecule has 5 heteroatoms. The first-order valence-electron chi connectivity index (χ1n) is 6.39. The van der Waals surface area contributed by atoms with Gasteiger partial charge in [0.2, 0.25) is 0 Å². The molecule has 0 aromatic carbocycles. The Morgan fingerprint density at radius 1 is 1.42 bits per heavy atom. The number of hydrogen-bond acceptors (Lipinski definition) is 4. The molecule has 1 heterocycles. The smallest absolute Gasteiger partial charge is 0.269 e. The van der Waals surface area contributed by atoms with Crippen molar-refractivity contribution < 1.29 is 9.53 Å². The van der Waals surface area contributed by atoms with Crippen molar-refractivity contribution in [1.29, 1.82) is 0 Å². The lowest BCUT2D eigenvalue weighted by atomic mass is 9.89. The number of nitrogens with one attached hydrogen (secondary N) is 2. The zero-order valence-corrected chi connectivity index (χ0v) is 12.1. The maximum absolute atomic E-state index is 11.9. The predicted molar refractivity (Wildman–Crippen MR) is 76.4 cm³/mol. The summed E-state index contributed by atoms with van der Waals surface area (Å²) in [4.78, 5) is 16.1. The number of pyridine rings is 1. The fourth-order valence-corrected chi connectivity index (χ4v) is 1.55. The van der Waals surface area contributed by atoms with Crippen LogP contribution in [0.4, 0.5) is 5.69 Å². The van der Waals surface area contributed by atoms with Gasteiger partial charge in [-0.1, -0.05) is 13.8 Å². The standard InChI is InChI=1S/C14H23N3O2/c1-14(2,7-8-19-4)10-17-13(18)12-6-5-11(15-3)9-16-12/h5-6,9,15H,7-8,10H2,1-4H3,(H,17,18). The van der Waals surface area contributed by atoms with Crippen LogP contribution in [0.5, 0.6) is 0 Å². The van der Waals surface area contributed by atoms with E-state index in [1.54, 1.807) is 19.4 Å². The van der Waals surface area contributed by atoms with Crippen molar-refractivity contribution in [2.24, 2.45) is 5.41 Å². The van der Waals surface area contributed by atoms with E-state index in [1.807, 2.05) is 13.1 Å². The first-order valence-corrected chi connectivity index (χ1v) is 6.39. The van der Waals surface area contributed by atoms with Gasteiger partial charge < -0.3 is 15.4 Å². The zero-order chi connectivity index (χ0) is 14.3. The summed E-state index contributed by atoms with van der Waals surface area (Å²) in [5, 5.41) is 5.87. The van der Waals surface area contributed by atoms with Crippen molar-refractivity contribution in [3.8, 4) is 0 Å². The van der Waals surface area contributed by atoms with Crippen molar-refractivity contribution in [1.82, 2.24) is 10.3 Å². The molecule has 1 amide bonds. The third-order valence-corrected chi connectivity index (χ3v) is 3.00. The number of carbonyl (C=O) groups excluding carboxylic acids is 1. The van der Waals surface area contributed by atoms with E-state index in [0.29, 0.717) is 18.8 Å². The Hall–Kier alpha value is -1.62. The first-order chi connectivity index (χ1) is 8.98. The summed E-state index contributed by atoms with van der Waals surface area (Å²) in [5.41, 5.74) is 1.33. The van der Waals surface area contributed by atoms with Crippen LogP contribution in [0.2, 0.25) is 0 Å². The lowest BCUT2D eigenvalue weighted by molar-refractivity contribution is 0.0916. The van der Waals surface area contributed by atoms with Gasteiger partial charge in [-0.2, -0.15) is 0 Å². The summed E-state index contributed by atoms with van der Waals surface area (Å²) in [7, 11) is 3.50. The molecule has 0 aliphatic carbocycles. The predicted octanol–water partition coefficient (Wildman–Crippen LogP) is 1.92. The quantitative estimate of drug-likeness (QED) is 0.790. The summed E-state index contributed by atoms with van der Waals surface area (Å²) >= 11 is 0. The van der Waals surface area contributed by atoms with Crippen LogP contribution in [0.3, 0.4) is 0 Å². The summed E-state index contributed by atoms with van der Waals surface area (Å²) in [6, 6.07) is 3.54. The Labute approximate surface area is 114 Å². The molecule has 0 fully saturated rings. The van der Waals surface area contributed by atoms with Gasteiger partial charge in [-0.3, -0.25) is 4.79 Å². The minimum absolute atomic E-state index is 0.0105. The van der Waals surface area contributed by atoms with Gasteiger partial charge in [-0.25, -0.2) is 4.98 Å². The average molecular weight is 265 g/mol. The number of rotatable bonds is 7. The molecular formula is C14H23N3O2. The van der Waals surface area contributed by atoms with Gasteiger partial charge in [-0.05, 0) is 24.0 Å². The molecule has 0 bridgehead atoms. The highest BCUT2D eigenvalue weighted by Gasteiger charge is 2.19. The fraction of sp³-hybridized carbons (Fsp3) is 0.571. The van der Waals surface area contributed by atoms with Crippen molar-refractivity contribution in [2.45, 2.75) is 20.3 Å². The van der Waals surface area contributed by atoms with E-state index in [-0.39, 0.29) is 11.3 Å². The van der Waals surface area contributed by atoms with Gasteiger partial charge in [0.1, 0.15) is 5.69 Å². The third-order valence-electron chi connectivity index (χ3n) is 3.00. The normalized spacial score (nSPS) is 11.2. The summed E-state index contributed by atoms with van der Waals surface area (Å²) < 4.78 is 5.06. The molecule has 0 unspecified atom stereocenters. The molecule has 0 saturated carbocycles. The van der Waals surface area contributed by atoms with E-state index in [0.717, 1.165) is 12.1 Å². The van der Waals surface area contributed by atoms with Crippen LogP contribution in [0.15, 0.2) is 18.3 Å². The van der Waals surface area contributed by atoms with E-state index in [2.05, 4.69) is 29.5 Å². The molecule has 1 rings (SSSR count). The molecule has 0 aliphatic heterocycles. The van der Waals surface area contributed by atoms with E-state index in [4.69, 9.17) is 4.74 Å². The average Bonchev–Trinajstić information content (AvgIpc) is 2.43. The molecule has 2 N–H and O–H groups in total. The highest BCUT2D eigenvalue weighted by atomic mass is 16.5. The maximum Gasteiger partial charge on any atom is 0.269 e. The largest absolute Gasteiger partial charge is 0.387 e. The molecule has 1 aromatic rings. The second-order valence-electron chi connectivity index (χ2n) is 5.27. The summed E-state index contributed by atoms with van der Waals surface area (Å²) in [5.74, 6) is -0.145. The summed E-state index contributed by atoms with van der Waals surface area (Å²) in [6.45, 7) is 5.50.